The van der Waals surface area contributed by atoms with Crippen molar-refractivity contribution in [3.8, 4) is 56.7 Å². The minimum Gasteiger partial charge on any atom is -0.309 e. The third kappa shape index (κ3) is 5.67. The largest absolute Gasteiger partial charge is 0.309 e. The van der Waals surface area contributed by atoms with E-state index in [-0.39, 0.29) is 0 Å². The molecule has 0 bridgehead atoms. The lowest BCUT2D eigenvalue weighted by Crippen LogP contribution is -2.00. The summed E-state index contributed by atoms with van der Waals surface area (Å²) in [7, 11) is 0. The lowest BCUT2D eigenvalue weighted by molar-refractivity contribution is 1.07. The van der Waals surface area contributed by atoms with Crippen LogP contribution in [0.5, 0.6) is 0 Å². The van der Waals surface area contributed by atoms with Gasteiger partial charge in [-0.15, -0.1) is 0 Å². The lowest BCUT2D eigenvalue weighted by Gasteiger charge is -2.12. The molecule has 0 aliphatic carbocycles. The maximum Gasteiger partial charge on any atom is 0.164 e. The van der Waals surface area contributed by atoms with E-state index in [2.05, 4.69) is 211 Å². The Hall–Kier alpha value is -7.63. The third-order valence-electron chi connectivity index (χ3n) is 11.3. The van der Waals surface area contributed by atoms with Gasteiger partial charge in [0.1, 0.15) is 0 Å². The Morgan fingerprint density at radius 3 is 1.28 bits per heavy atom. The number of hydrogen-bond acceptors (Lipinski definition) is 3. The first-order valence-corrected chi connectivity index (χ1v) is 19.7. The van der Waals surface area contributed by atoms with Crippen molar-refractivity contribution in [2.45, 2.75) is 13.8 Å². The maximum atomic E-state index is 5.01. The van der Waals surface area contributed by atoms with Crippen molar-refractivity contribution in [2.24, 2.45) is 0 Å². The van der Waals surface area contributed by atoms with E-state index >= 15 is 0 Å². The van der Waals surface area contributed by atoms with Gasteiger partial charge in [-0.2, -0.15) is 0 Å². The molecule has 8 aromatic carbocycles. The summed E-state index contributed by atoms with van der Waals surface area (Å²) >= 11 is 0. The Morgan fingerprint density at radius 1 is 0.293 bits per heavy atom. The second-order valence-electron chi connectivity index (χ2n) is 15.1. The van der Waals surface area contributed by atoms with Crippen molar-refractivity contribution < 1.29 is 0 Å². The molecule has 11 rings (SSSR count). The number of benzene rings is 8. The minimum absolute atomic E-state index is 0.640. The summed E-state index contributed by atoms with van der Waals surface area (Å²) in [5.74, 6) is 1.95. The van der Waals surface area contributed by atoms with Crippen LogP contribution in [0.25, 0.3) is 100 Å². The van der Waals surface area contributed by atoms with E-state index < -0.39 is 0 Å². The molecule has 0 saturated carbocycles. The molecule has 0 amide bonds. The van der Waals surface area contributed by atoms with Crippen molar-refractivity contribution >= 4 is 43.6 Å². The molecule has 0 aliphatic rings. The lowest BCUT2D eigenvalue weighted by atomic mass is 10.0. The number of hydrogen-bond donors (Lipinski definition) is 0. The van der Waals surface area contributed by atoms with E-state index in [1.54, 1.807) is 0 Å². The average molecular weight is 744 g/mol. The van der Waals surface area contributed by atoms with Crippen molar-refractivity contribution in [1.82, 2.24) is 24.1 Å². The van der Waals surface area contributed by atoms with Crippen LogP contribution in [0.15, 0.2) is 188 Å². The molecule has 0 fully saturated rings. The Kier molecular flexibility index (Phi) is 7.86. The molecule has 3 aromatic heterocycles. The van der Waals surface area contributed by atoms with E-state index in [9.17, 15) is 0 Å². The van der Waals surface area contributed by atoms with Gasteiger partial charge in [0.15, 0.2) is 17.5 Å². The van der Waals surface area contributed by atoms with Gasteiger partial charge in [0.25, 0.3) is 0 Å². The molecule has 58 heavy (non-hydrogen) atoms. The Labute approximate surface area is 336 Å². The molecule has 3 heterocycles. The highest BCUT2D eigenvalue weighted by Gasteiger charge is 2.17. The first kappa shape index (κ1) is 33.7. The molecule has 0 radical (unpaired) electrons. The molecule has 5 nitrogen and oxygen atoms in total. The zero-order valence-electron chi connectivity index (χ0n) is 32.1. The standard InChI is InChI=1S/C53H37N5/c1-34-16-20-36(21-17-34)51-54-52(37-22-18-35(2)19-23-37)56-53(55-51)38-24-28-42(29-25-38)58-47-14-8-6-12-43(47)45-30-26-40(33-50(45)58)39-27-31-49-46(32-39)44-13-7-9-15-48(44)57(49)41-10-4-3-5-11-41/h3-33H,1-2H3. The van der Waals surface area contributed by atoms with Gasteiger partial charge in [0.2, 0.25) is 0 Å². The zero-order valence-corrected chi connectivity index (χ0v) is 32.1. The molecule has 0 saturated heterocycles. The number of para-hydroxylation sites is 3. The highest BCUT2D eigenvalue weighted by atomic mass is 15.0. The number of nitrogens with zero attached hydrogens (tertiary/aromatic N) is 5. The predicted molar refractivity (Wildman–Crippen MR) is 240 cm³/mol. The zero-order chi connectivity index (χ0) is 38.7. The first-order valence-electron chi connectivity index (χ1n) is 19.7. The van der Waals surface area contributed by atoms with Gasteiger partial charge in [-0.25, -0.2) is 15.0 Å². The average Bonchev–Trinajstić information content (AvgIpc) is 3.79. The number of rotatable bonds is 6. The maximum absolute atomic E-state index is 5.01. The summed E-state index contributed by atoms with van der Waals surface area (Å²) in [6, 6.07) is 67.1. The highest BCUT2D eigenvalue weighted by Crippen LogP contribution is 2.38. The molecule has 0 atom stereocenters. The van der Waals surface area contributed by atoms with Gasteiger partial charge in [-0.1, -0.05) is 132 Å². The number of aryl methyl sites for hydroxylation is 2. The van der Waals surface area contributed by atoms with E-state index in [0.29, 0.717) is 17.5 Å². The van der Waals surface area contributed by atoms with Crippen LogP contribution in [-0.2, 0) is 0 Å². The van der Waals surface area contributed by atoms with Crippen molar-refractivity contribution in [1.29, 1.82) is 0 Å². The van der Waals surface area contributed by atoms with Crippen LogP contribution in [0.3, 0.4) is 0 Å². The third-order valence-corrected chi connectivity index (χ3v) is 11.3. The van der Waals surface area contributed by atoms with E-state index in [1.165, 1.54) is 54.8 Å². The predicted octanol–water partition coefficient (Wildman–Crippen LogP) is 13.4. The fraction of sp³-hybridized carbons (Fsp3) is 0.0377. The normalized spacial score (nSPS) is 11.6. The molecule has 5 heteroatoms. The number of fused-ring (bicyclic) bond motifs is 6. The van der Waals surface area contributed by atoms with E-state index in [1.807, 2.05) is 0 Å². The van der Waals surface area contributed by atoms with Crippen molar-refractivity contribution in [2.75, 3.05) is 0 Å². The summed E-state index contributed by atoms with van der Waals surface area (Å²) in [6.07, 6.45) is 0. The molecular weight excluding hydrogens is 707 g/mol. The van der Waals surface area contributed by atoms with Crippen LogP contribution in [0, 0.1) is 13.8 Å². The van der Waals surface area contributed by atoms with Gasteiger partial charge < -0.3 is 9.13 Å². The van der Waals surface area contributed by atoms with Crippen LogP contribution in [-0.4, -0.2) is 24.1 Å². The Balaban J connectivity index is 1.03. The quantitative estimate of drug-likeness (QED) is 0.170. The summed E-state index contributed by atoms with van der Waals surface area (Å²) in [5, 5.41) is 4.92. The van der Waals surface area contributed by atoms with Crippen LogP contribution in [0.2, 0.25) is 0 Å². The van der Waals surface area contributed by atoms with Gasteiger partial charge >= 0.3 is 0 Å². The summed E-state index contributed by atoms with van der Waals surface area (Å²) < 4.78 is 4.74. The van der Waals surface area contributed by atoms with Crippen molar-refractivity contribution in [3.05, 3.63) is 199 Å². The Bertz CT molecular complexity index is 3260. The topological polar surface area (TPSA) is 48.5 Å². The first-order chi connectivity index (χ1) is 28.6. The minimum atomic E-state index is 0.640. The molecular formula is C53H37N5. The van der Waals surface area contributed by atoms with Gasteiger partial charge in [-0.05, 0) is 91.7 Å². The van der Waals surface area contributed by atoms with Crippen molar-refractivity contribution in [3.63, 3.8) is 0 Å². The molecule has 11 aromatic rings. The van der Waals surface area contributed by atoms with E-state index in [0.717, 1.165) is 39.1 Å². The SMILES string of the molecule is Cc1ccc(-c2nc(-c3ccc(C)cc3)nc(-c3ccc(-n4c5ccccc5c5ccc(-c6ccc7c(c6)c6ccccc6n7-c6ccccc6)cc54)cc3)n2)cc1. The number of aromatic nitrogens is 5. The van der Waals surface area contributed by atoms with Gasteiger partial charge in [0.05, 0.1) is 22.1 Å². The Morgan fingerprint density at radius 2 is 0.690 bits per heavy atom. The van der Waals surface area contributed by atoms with Gasteiger partial charge in [-0.3, -0.25) is 0 Å². The van der Waals surface area contributed by atoms with E-state index in [4.69, 9.17) is 15.0 Å². The van der Waals surface area contributed by atoms with Crippen LogP contribution >= 0.6 is 0 Å². The molecule has 0 N–H and O–H groups in total. The fourth-order valence-corrected chi connectivity index (χ4v) is 8.36. The summed E-state index contributed by atoms with van der Waals surface area (Å²) in [6.45, 7) is 4.18. The van der Waals surface area contributed by atoms with Gasteiger partial charge in [0, 0.05) is 49.6 Å². The van der Waals surface area contributed by atoms with Crippen LogP contribution < -0.4 is 0 Å². The summed E-state index contributed by atoms with van der Waals surface area (Å²) in [4.78, 5) is 15.0. The summed E-state index contributed by atoms with van der Waals surface area (Å²) in [5.41, 5.74) is 14.5. The molecule has 0 unspecified atom stereocenters. The molecule has 0 spiro atoms. The fourth-order valence-electron chi connectivity index (χ4n) is 8.36. The molecule has 0 aliphatic heterocycles. The second-order valence-corrected chi connectivity index (χ2v) is 15.1. The smallest absolute Gasteiger partial charge is 0.164 e. The van der Waals surface area contributed by atoms with Crippen LogP contribution in [0.4, 0.5) is 0 Å². The monoisotopic (exact) mass is 743 g/mol. The molecule has 274 valence electrons. The van der Waals surface area contributed by atoms with Crippen LogP contribution in [0.1, 0.15) is 11.1 Å². The second kappa shape index (κ2) is 13.5. The highest BCUT2D eigenvalue weighted by molar-refractivity contribution is 6.12.